The van der Waals surface area contributed by atoms with Gasteiger partial charge >= 0.3 is 0 Å². The van der Waals surface area contributed by atoms with Gasteiger partial charge in [0.25, 0.3) is 0 Å². The molecule has 0 unspecified atom stereocenters. The number of nitrogens with one attached hydrogen (secondary N) is 1. The lowest BCUT2D eigenvalue weighted by Crippen LogP contribution is -2.22. The molecule has 0 saturated carbocycles. The highest BCUT2D eigenvalue weighted by atomic mass is 15.1. The molecular weight excluding hydrogens is 162 g/mol. The maximum Gasteiger partial charge on any atom is 0.129 e. The summed E-state index contributed by atoms with van der Waals surface area (Å²) >= 11 is 0. The third kappa shape index (κ3) is 2.05. The second-order valence-corrected chi connectivity index (χ2v) is 3.38. The lowest BCUT2D eigenvalue weighted by molar-refractivity contribution is 0.618. The van der Waals surface area contributed by atoms with Crippen molar-refractivity contribution in [3.63, 3.8) is 0 Å². The molecule has 3 nitrogen and oxygen atoms in total. The molecule has 0 spiro atoms. The maximum absolute atomic E-state index is 7.78. The van der Waals surface area contributed by atoms with Crippen LogP contribution in [-0.2, 0) is 0 Å². The molecular formula is C10H15N3. The molecule has 1 N–H and O–H groups in total. The topological polar surface area (TPSA) is 40.0 Å². The Kier molecular flexibility index (Phi) is 2.66. The van der Waals surface area contributed by atoms with Crippen LogP contribution in [0.3, 0.4) is 0 Å². The zero-order chi connectivity index (χ0) is 10.0. The van der Waals surface area contributed by atoms with Crippen LogP contribution in [0.4, 0.5) is 0 Å². The Morgan fingerprint density at radius 2 is 2.00 bits per heavy atom. The van der Waals surface area contributed by atoms with E-state index in [1.165, 1.54) is 0 Å². The minimum absolute atomic E-state index is 0.505. The van der Waals surface area contributed by atoms with Crippen molar-refractivity contribution in [2.45, 2.75) is 13.8 Å². The monoisotopic (exact) mass is 177 g/mol. The third-order valence-corrected chi connectivity index (χ3v) is 1.95. The molecule has 1 heterocycles. The van der Waals surface area contributed by atoms with Crippen LogP contribution >= 0.6 is 0 Å². The standard InChI is InChI=1S/C10H15N3/c1-7-5-8(2)12-6-9(7)10(11)13(3)4/h5-6,11H,1-4H3. The van der Waals surface area contributed by atoms with Gasteiger partial charge in [-0.1, -0.05) is 0 Å². The van der Waals surface area contributed by atoms with Crippen LogP contribution in [0.5, 0.6) is 0 Å². The van der Waals surface area contributed by atoms with Gasteiger partial charge in [-0.05, 0) is 25.5 Å². The number of hydrogen-bond donors (Lipinski definition) is 1. The fraction of sp³-hybridized carbons (Fsp3) is 0.400. The molecule has 1 aromatic rings. The smallest absolute Gasteiger partial charge is 0.129 e. The highest BCUT2D eigenvalue weighted by Crippen LogP contribution is 2.09. The van der Waals surface area contributed by atoms with Crippen LogP contribution in [0.1, 0.15) is 16.8 Å². The molecule has 70 valence electrons. The quantitative estimate of drug-likeness (QED) is 0.522. The van der Waals surface area contributed by atoms with Gasteiger partial charge in [0.15, 0.2) is 0 Å². The predicted molar refractivity (Wildman–Crippen MR) is 54.2 cm³/mol. The van der Waals surface area contributed by atoms with E-state index in [4.69, 9.17) is 5.41 Å². The molecule has 0 bridgehead atoms. The van der Waals surface area contributed by atoms with Gasteiger partial charge in [0.05, 0.1) is 0 Å². The summed E-state index contributed by atoms with van der Waals surface area (Å²) in [5.74, 6) is 0.505. The summed E-state index contributed by atoms with van der Waals surface area (Å²) in [6.07, 6.45) is 1.76. The number of hydrogen-bond acceptors (Lipinski definition) is 2. The number of pyridine rings is 1. The summed E-state index contributed by atoms with van der Waals surface area (Å²) in [6, 6.07) is 1.99. The molecule has 0 atom stereocenters. The first kappa shape index (κ1) is 9.71. The molecule has 13 heavy (non-hydrogen) atoms. The van der Waals surface area contributed by atoms with Gasteiger partial charge in [-0.2, -0.15) is 0 Å². The van der Waals surface area contributed by atoms with Crippen molar-refractivity contribution in [2.24, 2.45) is 0 Å². The lowest BCUT2D eigenvalue weighted by Gasteiger charge is -2.15. The molecule has 3 heteroatoms. The molecule has 0 radical (unpaired) electrons. The second kappa shape index (κ2) is 3.56. The Balaban J connectivity index is 3.09. The van der Waals surface area contributed by atoms with Gasteiger partial charge in [0, 0.05) is 31.5 Å². The van der Waals surface area contributed by atoms with Crippen molar-refractivity contribution in [2.75, 3.05) is 14.1 Å². The van der Waals surface area contributed by atoms with Crippen molar-refractivity contribution in [3.8, 4) is 0 Å². The van der Waals surface area contributed by atoms with Gasteiger partial charge < -0.3 is 4.90 Å². The minimum atomic E-state index is 0.505. The van der Waals surface area contributed by atoms with Gasteiger partial charge in [0.1, 0.15) is 5.84 Å². The molecule has 0 fully saturated rings. The summed E-state index contributed by atoms with van der Waals surface area (Å²) in [6.45, 7) is 3.96. The van der Waals surface area contributed by atoms with Crippen LogP contribution in [0.2, 0.25) is 0 Å². The zero-order valence-electron chi connectivity index (χ0n) is 8.55. The Morgan fingerprint density at radius 1 is 1.38 bits per heavy atom. The Bertz CT molecular complexity index is 329. The molecule has 0 amide bonds. The van der Waals surface area contributed by atoms with E-state index in [2.05, 4.69) is 4.98 Å². The van der Waals surface area contributed by atoms with E-state index in [0.29, 0.717) is 5.84 Å². The van der Waals surface area contributed by atoms with Crippen LogP contribution in [0, 0.1) is 19.3 Å². The average Bonchev–Trinajstić information content (AvgIpc) is 2.03. The highest BCUT2D eigenvalue weighted by molar-refractivity contribution is 5.97. The molecule has 0 saturated heterocycles. The Labute approximate surface area is 78.9 Å². The maximum atomic E-state index is 7.78. The molecule has 0 aliphatic carbocycles. The van der Waals surface area contributed by atoms with Crippen molar-refractivity contribution >= 4 is 5.84 Å². The molecule has 0 aromatic carbocycles. The van der Waals surface area contributed by atoms with Gasteiger partial charge in [-0.3, -0.25) is 10.4 Å². The normalized spacial score (nSPS) is 9.85. The van der Waals surface area contributed by atoms with Crippen LogP contribution < -0.4 is 0 Å². The largest absolute Gasteiger partial charge is 0.363 e. The third-order valence-electron chi connectivity index (χ3n) is 1.95. The van der Waals surface area contributed by atoms with E-state index in [1.54, 1.807) is 11.1 Å². The Hall–Kier alpha value is -1.38. The van der Waals surface area contributed by atoms with Gasteiger partial charge in [-0.25, -0.2) is 0 Å². The van der Waals surface area contributed by atoms with E-state index >= 15 is 0 Å². The number of amidine groups is 1. The first-order valence-electron chi connectivity index (χ1n) is 4.22. The van der Waals surface area contributed by atoms with Crippen molar-refractivity contribution < 1.29 is 0 Å². The van der Waals surface area contributed by atoms with E-state index in [0.717, 1.165) is 16.8 Å². The number of nitrogens with zero attached hydrogens (tertiary/aromatic N) is 2. The zero-order valence-corrected chi connectivity index (χ0v) is 8.55. The summed E-state index contributed by atoms with van der Waals surface area (Å²) in [7, 11) is 3.73. The molecule has 0 aliphatic rings. The highest BCUT2D eigenvalue weighted by Gasteiger charge is 2.06. The number of rotatable bonds is 1. The number of aryl methyl sites for hydroxylation is 2. The fourth-order valence-electron chi connectivity index (χ4n) is 1.19. The lowest BCUT2D eigenvalue weighted by atomic mass is 10.1. The summed E-state index contributed by atoms with van der Waals surface area (Å²) in [5.41, 5.74) is 3.00. The SMILES string of the molecule is Cc1cc(C)c(C(=N)N(C)C)cn1. The van der Waals surface area contributed by atoms with Gasteiger partial charge in [-0.15, -0.1) is 0 Å². The van der Waals surface area contributed by atoms with E-state index in [-0.39, 0.29) is 0 Å². The van der Waals surface area contributed by atoms with Crippen molar-refractivity contribution in [3.05, 3.63) is 29.1 Å². The minimum Gasteiger partial charge on any atom is -0.363 e. The van der Waals surface area contributed by atoms with E-state index in [1.807, 2.05) is 34.0 Å². The summed E-state index contributed by atoms with van der Waals surface area (Å²) < 4.78 is 0. The summed E-state index contributed by atoms with van der Waals surface area (Å²) in [4.78, 5) is 5.95. The van der Waals surface area contributed by atoms with E-state index in [9.17, 15) is 0 Å². The van der Waals surface area contributed by atoms with E-state index < -0.39 is 0 Å². The Morgan fingerprint density at radius 3 is 2.46 bits per heavy atom. The van der Waals surface area contributed by atoms with Crippen LogP contribution in [-0.4, -0.2) is 29.8 Å². The fourth-order valence-corrected chi connectivity index (χ4v) is 1.19. The molecule has 1 aromatic heterocycles. The average molecular weight is 177 g/mol. The number of aromatic nitrogens is 1. The predicted octanol–water partition coefficient (Wildman–Crippen LogP) is 1.59. The van der Waals surface area contributed by atoms with Crippen LogP contribution in [0.15, 0.2) is 12.3 Å². The second-order valence-electron chi connectivity index (χ2n) is 3.38. The first-order chi connectivity index (χ1) is 6.02. The molecule has 1 rings (SSSR count). The first-order valence-corrected chi connectivity index (χ1v) is 4.22. The molecule has 0 aliphatic heterocycles. The van der Waals surface area contributed by atoms with Gasteiger partial charge in [0.2, 0.25) is 0 Å². The summed E-state index contributed by atoms with van der Waals surface area (Å²) in [5, 5.41) is 7.78. The van der Waals surface area contributed by atoms with Crippen molar-refractivity contribution in [1.29, 1.82) is 5.41 Å². The van der Waals surface area contributed by atoms with Crippen LogP contribution in [0.25, 0.3) is 0 Å². The van der Waals surface area contributed by atoms with Crippen molar-refractivity contribution in [1.82, 2.24) is 9.88 Å².